The lowest BCUT2D eigenvalue weighted by Gasteiger charge is -2.16. The molecule has 3 nitrogen and oxygen atoms in total. The van der Waals surface area contributed by atoms with E-state index in [0.717, 1.165) is 25.2 Å². The van der Waals surface area contributed by atoms with Crippen LogP contribution in [0.5, 0.6) is 0 Å². The minimum absolute atomic E-state index is 0.472. The van der Waals surface area contributed by atoms with Gasteiger partial charge in [0.25, 0.3) is 0 Å². The van der Waals surface area contributed by atoms with Crippen molar-refractivity contribution >= 4 is 0 Å². The Balaban J connectivity index is 2.35. The van der Waals surface area contributed by atoms with Crippen molar-refractivity contribution in [2.75, 3.05) is 6.54 Å². The van der Waals surface area contributed by atoms with Gasteiger partial charge in [-0.25, -0.2) is 0 Å². The van der Waals surface area contributed by atoms with Gasteiger partial charge in [-0.1, -0.05) is 13.8 Å². The van der Waals surface area contributed by atoms with E-state index in [1.165, 1.54) is 11.3 Å². The summed E-state index contributed by atoms with van der Waals surface area (Å²) >= 11 is 0. The van der Waals surface area contributed by atoms with E-state index in [4.69, 9.17) is 0 Å². The van der Waals surface area contributed by atoms with Crippen LogP contribution < -0.4 is 5.32 Å². The number of hydrogen-bond acceptors (Lipinski definition) is 3. The molecule has 13 heavy (non-hydrogen) atoms. The Morgan fingerprint density at radius 2 is 2.23 bits per heavy atom. The van der Waals surface area contributed by atoms with Crippen molar-refractivity contribution in [2.45, 2.75) is 32.7 Å². The summed E-state index contributed by atoms with van der Waals surface area (Å²) < 4.78 is 0. The van der Waals surface area contributed by atoms with Gasteiger partial charge in [-0.05, 0) is 17.5 Å². The van der Waals surface area contributed by atoms with Crippen LogP contribution in [0.2, 0.25) is 0 Å². The van der Waals surface area contributed by atoms with Gasteiger partial charge in [0, 0.05) is 19.5 Å². The Labute approximate surface area is 78.6 Å². The fraction of sp³-hybridized carbons (Fsp3) is 0.600. The molecule has 0 radical (unpaired) electrons. The molecule has 1 aliphatic rings. The standard InChI is InChI=1S/C10H15N3/c1-7(2)10-5-8-6-11-4-3-9(8)12-13-10/h5,7,11H,3-4,6H2,1-2H3. The van der Waals surface area contributed by atoms with Crippen molar-refractivity contribution in [3.8, 4) is 0 Å². The van der Waals surface area contributed by atoms with Gasteiger partial charge < -0.3 is 5.32 Å². The van der Waals surface area contributed by atoms with E-state index in [9.17, 15) is 0 Å². The van der Waals surface area contributed by atoms with Crippen LogP contribution in [0.1, 0.15) is 36.7 Å². The van der Waals surface area contributed by atoms with Crippen LogP contribution >= 0.6 is 0 Å². The summed E-state index contributed by atoms with van der Waals surface area (Å²) in [5, 5.41) is 11.8. The third-order valence-electron chi connectivity index (χ3n) is 2.42. The molecular formula is C10H15N3. The summed E-state index contributed by atoms with van der Waals surface area (Å²) in [5.74, 6) is 0.472. The molecule has 3 heteroatoms. The first-order chi connectivity index (χ1) is 6.27. The van der Waals surface area contributed by atoms with Crippen molar-refractivity contribution < 1.29 is 0 Å². The number of fused-ring (bicyclic) bond motifs is 1. The highest BCUT2D eigenvalue weighted by atomic mass is 15.1. The van der Waals surface area contributed by atoms with Gasteiger partial charge in [-0.2, -0.15) is 10.2 Å². The first kappa shape index (κ1) is 8.63. The topological polar surface area (TPSA) is 37.8 Å². The van der Waals surface area contributed by atoms with E-state index in [0.29, 0.717) is 5.92 Å². The highest BCUT2D eigenvalue weighted by Gasteiger charge is 2.12. The van der Waals surface area contributed by atoms with Crippen LogP contribution in [0.25, 0.3) is 0 Å². The molecule has 70 valence electrons. The second kappa shape index (κ2) is 3.42. The van der Waals surface area contributed by atoms with E-state index >= 15 is 0 Å². The van der Waals surface area contributed by atoms with Gasteiger partial charge in [0.1, 0.15) is 0 Å². The maximum atomic E-state index is 4.25. The van der Waals surface area contributed by atoms with E-state index < -0.39 is 0 Å². The van der Waals surface area contributed by atoms with Crippen LogP contribution in [0.3, 0.4) is 0 Å². The monoisotopic (exact) mass is 177 g/mol. The number of nitrogens with one attached hydrogen (secondary N) is 1. The summed E-state index contributed by atoms with van der Waals surface area (Å²) in [6, 6.07) is 2.18. The lowest BCUT2D eigenvalue weighted by molar-refractivity contribution is 0.611. The molecule has 0 fully saturated rings. The van der Waals surface area contributed by atoms with Crippen LogP contribution in [0.15, 0.2) is 6.07 Å². The van der Waals surface area contributed by atoms with Gasteiger partial charge in [0.05, 0.1) is 11.4 Å². The third-order valence-corrected chi connectivity index (χ3v) is 2.42. The Morgan fingerprint density at radius 3 is 3.00 bits per heavy atom. The molecule has 1 aromatic rings. The maximum Gasteiger partial charge on any atom is 0.0688 e. The molecule has 0 saturated carbocycles. The zero-order valence-electron chi connectivity index (χ0n) is 8.17. The summed E-state index contributed by atoms with van der Waals surface area (Å²) in [4.78, 5) is 0. The van der Waals surface area contributed by atoms with E-state index in [-0.39, 0.29) is 0 Å². The van der Waals surface area contributed by atoms with Crippen molar-refractivity contribution in [3.05, 3.63) is 23.0 Å². The molecule has 0 unspecified atom stereocenters. The summed E-state index contributed by atoms with van der Waals surface area (Å²) in [6.07, 6.45) is 1.01. The number of rotatable bonds is 1. The summed E-state index contributed by atoms with van der Waals surface area (Å²) in [6.45, 7) is 6.27. The highest BCUT2D eigenvalue weighted by Crippen LogP contribution is 2.16. The third kappa shape index (κ3) is 1.70. The minimum Gasteiger partial charge on any atom is -0.312 e. The molecule has 2 heterocycles. The predicted molar refractivity (Wildman–Crippen MR) is 51.5 cm³/mol. The molecule has 1 aromatic heterocycles. The molecule has 0 aromatic carbocycles. The molecule has 0 aliphatic carbocycles. The van der Waals surface area contributed by atoms with Crippen molar-refractivity contribution in [2.24, 2.45) is 0 Å². The van der Waals surface area contributed by atoms with Gasteiger partial charge in [0.15, 0.2) is 0 Å². The molecule has 0 saturated heterocycles. The van der Waals surface area contributed by atoms with Crippen LogP contribution in [-0.2, 0) is 13.0 Å². The normalized spacial score (nSPS) is 15.9. The molecule has 1 aliphatic heterocycles. The lowest BCUT2D eigenvalue weighted by Crippen LogP contribution is -2.25. The smallest absolute Gasteiger partial charge is 0.0688 e. The SMILES string of the molecule is CC(C)c1cc2c(nn1)CCNC2. The first-order valence-electron chi connectivity index (χ1n) is 4.83. The molecule has 0 atom stereocenters. The van der Waals surface area contributed by atoms with E-state index in [2.05, 4.69) is 35.4 Å². The first-order valence-corrected chi connectivity index (χ1v) is 4.83. The number of hydrogen-bond donors (Lipinski definition) is 1. The Morgan fingerprint density at radius 1 is 1.38 bits per heavy atom. The minimum atomic E-state index is 0.472. The largest absolute Gasteiger partial charge is 0.312 e. The average molecular weight is 177 g/mol. The van der Waals surface area contributed by atoms with Gasteiger partial charge in [0.2, 0.25) is 0 Å². The number of nitrogens with zero attached hydrogens (tertiary/aromatic N) is 2. The quantitative estimate of drug-likeness (QED) is 0.701. The van der Waals surface area contributed by atoms with E-state index in [1.807, 2.05) is 0 Å². The van der Waals surface area contributed by atoms with Gasteiger partial charge in [-0.15, -0.1) is 0 Å². The van der Waals surface area contributed by atoms with Gasteiger partial charge in [-0.3, -0.25) is 0 Å². The zero-order chi connectivity index (χ0) is 9.26. The molecule has 0 bridgehead atoms. The van der Waals surface area contributed by atoms with E-state index in [1.54, 1.807) is 0 Å². The van der Waals surface area contributed by atoms with Crippen LogP contribution in [0, 0.1) is 0 Å². The molecule has 1 N–H and O–H groups in total. The lowest BCUT2D eigenvalue weighted by atomic mass is 10.0. The predicted octanol–water partition coefficient (Wildman–Crippen LogP) is 1.25. The molecule has 0 spiro atoms. The molecular weight excluding hydrogens is 162 g/mol. The Hall–Kier alpha value is -0.960. The van der Waals surface area contributed by atoms with Crippen LogP contribution in [0.4, 0.5) is 0 Å². The molecule has 2 rings (SSSR count). The maximum absolute atomic E-state index is 4.25. The second-order valence-corrected chi connectivity index (χ2v) is 3.82. The summed E-state index contributed by atoms with van der Waals surface area (Å²) in [5.41, 5.74) is 3.59. The van der Waals surface area contributed by atoms with Crippen molar-refractivity contribution in [1.29, 1.82) is 0 Å². The van der Waals surface area contributed by atoms with Crippen molar-refractivity contribution in [1.82, 2.24) is 15.5 Å². The zero-order valence-corrected chi connectivity index (χ0v) is 8.17. The Kier molecular flexibility index (Phi) is 2.27. The Bertz CT molecular complexity index is 307. The fourth-order valence-electron chi connectivity index (χ4n) is 1.55. The summed E-state index contributed by atoms with van der Waals surface area (Å²) in [7, 11) is 0. The average Bonchev–Trinajstić information content (AvgIpc) is 2.17. The molecule has 0 amide bonds. The second-order valence-electron chi connectivity index (χ2n) is 3.82. The van der Waals surface area contributed by atoms with Gasteiger partial charge >= 0.3 is 0 Å². The van der Waals surface area contributed by atoms with Crippen LogP contribution in [-0.4, -0.2) is 16.7 Å². The van der Waals surface area contributed by atoms with Crippen molar-refractivity contribution in [3.63, 3.8) is 0 Å². The fourth-order valence-corrected chi connectivity index (χ4v) is 1.55. The number of aromatic nitrogens is 2. The highest BCUT2D eigenvalue weighted by molar-refractivity contribution is 5.24.